The number of aromatic amines is 1. The van der Waals surface area contributed by atoms with Crippen molar-refractivity contribution in [1.29, 1.82) is 0 Å². The molecule has 2 aromatic heterocycles. The van der Waals surface area contributed by atoms with E-state index in [1.165, 1.54) is 5.56 Å². The van der Waals surface area contributed by atoms with Crippen LogP contribution < -0.4 is 11.1 Å². The highest BCUT2D eigenvalue weighted by Crippen LogP contribution is 2.19. The number of amides is 1. The number of carbonyl (C=O) groups is 1. The first-order valence-corrected chi connectivity index (χ1v) is 7.78. The molecule has 0 aliphatic heterocycles. The molecule has 4 N–H and O–H groups in total. The summed E-state index contributed by atoms with van der Waals surface area (Å²) in [7, 11) is 0. The van der Waals surface area contributed by atoms with Gasteiger partial charge in [-0.15, -0.1) is 0 Å². The number of fused-ring (bicyclic) bond motifs is 1. The zero-order valence-electron chi connectivity index (χ0n) is 12.5. The lowest BCUT2D eigenvalue weighted by Crippen LogP contribution is -2.12. The number of hydrogen-bond acceptors (Lipinski definition) is 3. The Morgan fingerprint density at radius 1 is 1.26 bits per heavy atom. The van der Waals surface area contributed by atoms with Crippen LogP contribution in [0.4, 0.5) is 5.69 Å². The molecule has 0 atom stereocenters. The van der Waals surface area contributed by atoms with E-state index >= 15 is 0 Å². The van der Waals surface area contributed by atoms with Gasteiger partial charge in [-0.3, -0.25) is 4.79 Å². The third kappa shape index (κ3) is 3.70. The number of aromatic nitrogens is 2. The minimum atomic E-state index is -0.202. The maximum atomic E-state index is 12.3. The molecule has 0 radical (unpaired) electrons. The maximum absolute atomic E-state index is 12.3. The summed E-state index contributed by atoms with van der Waals surface area (Å²) in [6.45, 7) is 0.678. The van der Waals surface area contributed by atoms with Gasteiger partial charge in [-0.2, -0.15) is 0 Å². The molecular formula is C17H17ClN4O. The van der Waals surface area contributed by atoms with E-state index in [2.05, 4.69) is 15.3 Å². The number of carbonyl (C=O) groups excluding carboxylic acids is 1. The van der Waals surface area contributed by atoms with E-state index in [1.807, 2.05) is 24.3 Å². The quantitative estimate of drug-likeness (QED) is 0.628. The van der Waals surface area contributed by atoms with Crippen molar-refractivity contribution in [1.82, 2.24) is 9.97 Å². The number of pyridine rings is 1. The van der Waals surface area contributed by atoms with Crippen LogP contribution in [0.25, 0.3) is 10.9 Å². The standard InChI is InChI=1S/C17H17ClN4O/c18-16-9-12-8-14(22-15(12)10-20-16)17(23)21-13-5-3-11(4-6-13)2-1-7-19/h3-6,8-10,22H,1-2,7,19H2,(H,21,23). The number of hydrogen-bond donors (Lipinski definition) is 3. The van der Waals surface area contributed by atoms with Gasteiger partial charge in [0.25, 0.3) is 5.91 Å². The molecule has 6 heteroatoms. The van der Waals surface area contributed by atoms with E-state index in [0.717, 1.165) is 29.4 Å². The van der Waals surface area contributed by atoms with E-state index in [1.54, 1.807) is 18.3 Å². The molecular weight excluding hydrogens is 312 g/mol. The molecule has 0 unspecified atom stereocenters. The molecule has 3 aromatic rings. The summed E-state index contributed by atoms with van der Waals surface area (Å²) >= 11 is 5.85. The van der Waals surface area contributed by atoms with E-state index in [4.69, 9.17) is 17.3 Å². The van der Waals surface area contributed by atoms with E-state index in [9.17, 15) is 4.79 Å². The van der Waals surface area contributed by atoms with Crippen molar-refractivity contribution in [2.75, 3.05) is 11.9 Å². The SMILES string of the molecule is NCCCc1ccc(NC(=O)c2cc3cc(Cl)ncc3[nH]2)cc1. The maximum Gasteiger partial charge on any atom is 0.272 e. The molecule has 0 aliphatic carbocycles. The summed E-state index contributed by atoms with van der Waals surface area (Å²) < 4.78 is 0. The van der Waals surface area contributed by atoms with Crippen LogP contribution in [-0.2, 0) is 6.42 Å². The summed E-state index contributed by atoms with van der Waals surface area (Å²) in [6, 6.07) is 11.3. The van der Waals surface area contributed by atoms with Gasteiger partial charge in [-0.1, -0.05) is 23.7 Å². The summed E-state index contributed by atoms with van der Waals surface area (Å²) in [5.74, 6) is -0.202. The van der Waals surface area contributed by atoms with Crippen LogP contribution in [0, 0.1) is 0 Å². The minimum absolute atomic E-state index is 0.202. The van der Waals surface area contributed by atoms with Crippen LogP contribution in [0.1, 0.15) is 22.5 Å². The highest BCUT2D eigenvalue weighted by atomic mass is 35.5. The van der Waals surface area contributed by atoms with E-state index in [-0.39, 0.29) is 5.91 Å². The van der Waals surface area contributed by atoms with Crippen molar-refractivity contribution in [3.05, 3.63) is 59.0 Å². The van der Waals surface area contributed by atoms with Crippen LogP contribution in [0.15, 0.2) is 42.6 Å². The van der Waals surface area contributed by atoms with Gasteiger partial charge >= 0.3 is 0 Å². The number of H-pyrrole nitrogens is 1. The smallest absolute Gasteiger partial charge is 0.272 e. The Kier molecular flexibility index (Phi) is 4.60. The lowest BCUT2D eigenvalue weighted by atomic mass is 10.1. The van der Waals surface area contributed by atoms with Gasteiger partial charge in [0.1, 0.15) is 10.8 Å². The highest BCUT2D eigenvalue weighted by Gasteiger charge is 2.10. The Labute approximate surface area is 138 Å². The van der Waals surface area contributed by atoms with Crippen LogP contribution in [0.2, 0.25) is 5.15 Å². The Morgan fingerprint density at radius 3 is 2.78 bits per heavy atom. The molecule has 0 fully saturated rings. The molecule has 0 saturated carbocycles. The summed E-state index contributed by atoms with van der Waals surface area (Å²) in [4.78, 5) is 19.3. The second-order valence-electron chi connectivity index (χ2n) is 5.32. The molecule has 2 heterocycles. The van der Waals surface area contributed by atoms with Crippen LogP contribution >= 0.6 is 11.6 Å². The molecule has 1 aromatic carbocycles. The van der Waals surface area contributed by atoms with Gasteiger partial charge in [-0.05, 0) is 49.2 Å². The molecule has 5 nitrogen and oxygen atoms in total. The number of rotatable bonds is 5. The number of benzene rings is 1. The summed E-state index contributed by atoms with van der Waals surface area (Å²) in [5, 5.41) is 4.12. The van der Waals surface area contributed by atoms with Crippen LogP contribution in [-0.4, -0.2) is 22.4 Å². The summed E-state index contributed by atoms with van der Waals surface area (Å²) in [5.41, 5.74) is 8.71. The van der Waals surface area contributed by atoms with Gasteiger partial charge in [0, 0.05) is 11.1 Å². The number of aryl methyl sites for hydroxylation is 1. The first-order valence-electron chi connectivity index (χ1n) is 7.40. The highest BCUT2D eigenvalue weighted by molar-refractivity contribution is 6.30. The Morgan fingerprint density at radius 2 is 2.04 bits per heavy atom. The molecule has 3 rings (SSSR count). The average Bonchev–Trinajstić information content (AvgIpc) is 2.97. The number of nitrogens with one attached hydrogen (secondary N) is 2. The summed E-state index contributed by atoms with van der Waals surface area (Å²) in [6.07, 6.45) is 3.51. The van der Waals surface area contributed by atoms with Gasteiger partial charge < -0.3 is 16.0 Å². The fraction of sp³-hybridized carbons (Fsp3) is 0.176. The molecule has 0 spiro atoms. The van der Waals surface area contributed by atoms with Crippen molar-refractivity contribution in [3.63, 3.8) is 0 Å². The van der Waals surface area contributed by atoms with E-state index < -0.39 is 0 Å². The second kappa shape index (κ2) is 6.81. The van der Waals surface area contributed by atoms with E-state index in [0.29, 0.717) is 17.4 Å². The molecule has 0 bridgehead atoms. The molecule has 23 heavy (non-hydrogen) atoms. The molecule has 118 valence electrons. The molecule has 0 saturated heterocycles. The monoisotopic (exact) mass is 328 g/mol. The number of nitrogens with zero attached hydrogens (tertiary/aromatic N) is 1. The third-order valence-electron chi connectivity index (χ3n) is 3.60. The average molecular weight is 329 g/mol. The van der Waals surface area contributed by atoms with Crippen molar-refractivity contribution < 1.29 is 4.79 Å². The Balaban J connectivity index is 1.72. The lowest BCUT2D eigenvalue weighted by molar-refractivity contribution is 0.102. The van der Waals surface area contributed by atoms with Crippen LogP contribution in [0.5, 0.6) is 0 Å². The Bertz CT molecular complexity index is 826. The fourth-order valence-electron chi connectivity index (χ4n) is 2.39. The van der Waals surface area contributed by atoms with Crippen molar-refractivity contribution in [2.24, 2.45) is 5.73 Å². The zero-order chi connectivity index (χ0) is 16.2. The first-order chi connectivity index (χ1) is 11.2. The topological polar surface area (TPSA) is 83.8 Å². The van der Waals surface area contributed by atoms with Gasteiger partial charge in [0.05, 0.1) is 11.7 Å². The number of halogens is 1. The fourth-order valence-corrected chi connectivity index (χ4v) is 2.55. The third-order valence-corrected chi connectivity index (χ3v) is 3.80. The molecule has 0 aliphatic rings. The van der Waals surface area contributed by atoms with Gasteiger partial charge in [0.2, 0.25) is 0 Å². The number of nitrogens with two attached hydrogens (primary N) is 1. The second-order valence-corrected chi connectivity index (χ2v) is 5.71. The van der Waals surface area contributed by atoms with Crippen LogP contribution in [0.3, 0.4) is 0 Å². The van der Waals surface area contributed by atoms with Gasteiger partial charge in [-0.25, -0.2) is 4.98 Å². The number of anilines is 1. The predicted molar refractivity (Wildman–Crippen MR) is 92.9 cm³/mol. The Hall–Kier alpha value is -2.37. The molecule has 1 amide bonds. The first kappa shape index (κ1) is 15.5. The van der Waals surface area contributed by atoms with Gasteiger partial charge in [0.15, 0.2) is 0 Å². The minimum Gasteiger partial charge on any atom is -0.349 e. The van der Waals surface area contributed by atoms with Crippen molar-refractivity contribution >= 4 is 34.1 Å². The normalized spacial score (nSPS) is 10.9. The lowest BCUT2D eigenvalue weighted by Gasteiger charge is -2.05. The largest absolute Gasteiger partial charge is 0.349 e. The van der Waals surface area contributed by atoms with Crippen molar-refractivity contribution in [2.45, 2.75) is 12.8 Å². The predicted octanol–water partition coefficient (Wildman–Crippen LogP) is 3.36. The zero-order valence-corrected chi connectivity index (χ0v) is 13.2. The van der Waals surface area contributed by atoms with Crippen molar-refractivity contribution in [3.8, 4) is 0 Å².